The van der Waals surface area contributed by atoms with E-state index in [1.54, 1.807) is 0 Å². The fourth-order valence-corrected chi connectivity index (χ4v) is 3.99. The molecule has 0 heterocycles. The maximum Gasteiger partial charge on any atom is 0.0151 e. The van der Waals surface area contributed by atoms with Crippen LogP contribution in [0.15, 0.2) is 0 Å². The molecule has 1 unspecified atom stereocenters. The normalized spacial score (nSPS) is 26.6. The molecule has 0 bridgehead atoms. The summed E-state index contributed by atoms with van der Waals surface area (Å²) < 4.78 is 0. The van der Waals surface area contributed by atoms with Crippen LogP contribution in [0.4, 0.5) is 0 Å². The van der Waals surface area contributed by atoms with E-state index in [0.717, 1.165) is 17.9 Å². The molecule has 0 aromatic rings. The van der Waals surface area contributed by atoms with E-state index >= 15 is 0 Å². The highest BCUT2D eigenvalue weighted by atomic mass is 15.1. The van der Waals surface area contributed by atoms with Gasteiger partial charge in [-0.05, 0) is 63.5 Å². The van der Waals surface area contributed by atoms with Gasteiger partial charge in [0.1, 0.15) is 0 Å². The summed E-state index contributed by atoms with van der Waals surface area (Å²) in [6.45, 7) is 4.76. The highest BCUT2D eigenvalue weighted by Gasteiger charge is 2.51. The van der Waals surface area contributed by atoms with Crippen LogP contribution in [-0.2, 0) is 0 Å². The van der Waals surface area contributed by atoms with Gasteiger partial charge < -0.3 is 4.90 Å². The largest absolute Gasteiger partial charge is 0.306 e. The van der Waals surface area contributed by atoms with Crippen LogP contribution in [0.5, 0.6) is 0 Å². The Bertz CT molecular complexity index is 224. The van der Waals surface area contributed by atoms with Gasteiger partial charge in [-0.25, -0.2) is 0 Å². The smallest absolute Gasteiger partial charge is 0.0151 e. The summed E-state index contributed by atoms with van der Waals surface area (Å²) in [5.74, 6) is 1.90. The average molecular weight is 223 g/mol. The first-order chi connectivity index (χ1) is 7.56. The number of rotatable bonds is 5. The van der Waals surface area contributed by atoms with Crippen LogP contribution in [0.3, 0.4) is 0 Å². The highest BCUT2D eigenvalue weighted by molar-refractivity contribution is 5.03. The van der Waals surface area contributed by atoms with Crippen molar-refractivity contribution in [1.29, 1.82) is 0 Å². The van der Waals surface area contributed by atoms with Crippen molar-refractivity contribution in [3.05, 3.63) is 0 Å². The summed E-state index contributed by atoms with van der Waals surface area (Å²) in [6.07, 6.45) is 10.4. The Balaban J connectivity index is 2.09. The van der Waals surface area contributed by atoms with E-state index < -0.39 is 0 Å². The molecule has 2 aliphatic carbocycles. The zero-order chi connectivity index (χ0) is 11.8. The third-order valence-electron chi connectivity index (χ3n) is 5.18. The van der Waals surface area contributed by atoms with Crippen LogP contribution >= 0.6 is 0 Å². The predicted molar refractivity (Wildman–Crippen MR) is 70.6 cm³/mol. The lowest BCUT2D eigenvalue weighted by Crippen LogP contribution is -2.55. The van der Waals surface area contributed by atoms with Crippen LogP contribution in [0.25, 0.3) is 0 Å². The van der Waals surface area contributed by atoms with Gasteiger partial charge in [-0.3, -0.25) is 0 Å². The summed E-state index contributed by atoms with van der Waals surface area (Å²) in [6, 6.07) is 0.839. The molecule has 1 atom stereocenters. The molecule has 2 saturated carbocycles. The van der Waals surface area contributed by atoms with Crippen molar-refractivity contribution in [1.82, 2.24) is 4.90 Å². The Labute approximate surface area is 102 Å². The maximum absolute atomic E-state index is 2.53. The summed E-state index contributed by atoms with van der Waals surface area (Å²) >= 11 is 0. The molecule has 2 fully saturated rings. The third kappa shape index (κ3) is 2.03. The monoisotopic (exact) mass is 223 g/mol. The molecule has 2 aliphatic rings. The molecular weight excluding hydrogens is 194 g/mol. The molecule has 1 heteroatoms. The second kappa shape index (κ2) is 4.68. The molecule has 0 amide bonds. The summed E-state index contributed by atoms with van der Waals surface area (Å²) in [7, 11) is 4.59. The van der Waals surface area contributed by atoms with Crippen molar-refractivity contribution in [2.24, 2.45) is 17.3 Å². The molecule has 0 aromatic heterocycles. The van der Waals surface area contributed by atoms with Crippen molar-refractivity contribution >= 4 is 0 Å². The molecule has 16 heavy (non-hydrogen) atoms. The van der Waals surface area contributed by atoms with Crippen LogP contribution in [-0.4, -0.2) is 25.0 Å². The van der Waals surface area contributed by atoms with E-state index in [-0.39, 0.29) is 0 Å². The van der Waals surface area contributed by atoms with Gasteiger partial charge >= 0.3 is 0 Å². The molecule has 1 nitrogen and oxygen atoms in total. The van der Waals surface area contributed by atoms with Gasteiger partial charge in [-0.2, -0.15) is 0 Å². The minimum absolute atomic E-state index is 0.714. The minimum Gasteiger partial charge on any atom is -0.306 e. The number of nitrogens with zero attached hydrogens (tertiary/aromatic N) is 1. The topological polar surface area (TPSA) is 3.24 Å². The van der Waals surface area contributed by atoms with Gasteiger partial charge in [0.05, 0.1) is 0 Å². The molecule has 0 aliphatic heterocycles. The SMILES string of the molecule is CC(C)CC(N(C)C)C1(C2CCC2)CCC1. The van der Waals surface area contributed by atoms with Gasteiger partial charge in [0, 0.05) is 6.04 Å². The Morgan fingerprint density at radius 1 is 1.12 bits per heavy atom. The Morgan fingerprint density at radius 2 is 1.75 bits per heavy atom. The zero-order valence-electron chi connectivity index (χ0n) is 11.6. The quantitative estimate of drug-likeness (QED) is 0.682. The first kappa shape index (κ1) is 12.4. The van der Waals surface area contributed by atoms with Crippen LogP contribution in [0.1, 0.15) is 58.8 Å². The van der Waals surface area contributed by atoms with Gasteiger partial charge in [0.15, 0.2) is 0 Å². The first-order valence-corrected chi connectivity index (χ1v) is 7.22. The second-order valence-corrected chi connectivity index (χ2v) is 6.82. The zero-order valence-corrected chi connectivity index (χ0v) is 11.6. The summed E-state index contributed by atoms with van der Waals surface area (Å²) in [5.41, 5.74) is 0.714. The second-order valence-electron chi connectivity index (χ2n) is 6.82. The van der Waals surface area contributed by atoms with Gasteiger partial charge in [-0.1, -0.05) is 26.7 Å². The summed E-state index contributed by atoms with van der Waals surface area (Å²) in [4.78, 5) is 2.53. The molecule has 0 N–H and O–H groups in total. The fraction of sp³-hybridized carbons (Fsp3) is 1.00. The van der Waals surface area contributed by atoms with Crippen molar-refractivity contribution in [2.45, 2.75) is 64.8 Å². The van der Waals surface area contributed by atoms with E-state index in [1.165, 1.54) is 44.9 Å². The summed E-state index contributed by atoms with van der Waals surface area (Å²) in [5, 5.41) is 0. The lowest BCUT2D eigenvalue weighted by Gasteiger charge is -2.58. The van der Waals surface area contributed by atoms with Gasteiger partial charge in [0.2, 0.25) is 0 Å². The Hall–Kier alpha value is -0.0400. The molecule has 94 valence electrons. The Morgan fingerprint density at radius 3 is 2.00 bits per heavy atom. The third-order valence-corrected chi connectivity index (χ3v) is 5.18. The number of hydrogen-bond acceptors (Lipinski definition) is 1. The molecule has 2 rings (SSSR count). The highest BCUT2D eigenvalue weighted by Crippen LogP contribution is 2.58. The molecular formula is C15H29N. The van der Waals surface area contributed by atoms with Gasteiger partial charge in [-0.15, -0.1) is 0 Å². The van der Waals surface area contributed by atoms with E-state index in [9.17, 15) is 0 Å². The van der Waals surface area contributed by atoms with E-state index in [0.29, 0.717) is 5.41 Å². The van der Waals surface area contributed by atoms with E-state index in [4.69, 9.17) is 0 Å². The lowest BCUT2D eigenvalue weighted by molar-refractivity contribution is -0.0718. The van der Waals surface area contributed by atoms with Crippen molar-refractivity contribution in [2.75, 3.05) is 14.1 Å². The van der Waals surface area contributed by atoms with Crippen molar-refractivity contribution < 1.29 is 0 Å². The van der Waals surface area contributed by atoms with Crippen molar-refractivity contribution in [3.63, 3.8) is 0 Å². The van der Waals surface area contributed by atoms with E-state index in [1.807, 2.05) is 0 Å². The van der Waals surface area contributed by atoms with E-state index in [2.05, 4.69) is 32.8 Å². The predicted octanol–water partition coefficient (Wildman–Crippen LogP) is 3.93. The van der Waals surface area contributed by atoms with Crippen LogP contribution < -0.4 is 0 Å². The standard InChI is InChI=1S/C15H29N/c1-12(2)11-14(16(3)4)15(9-6-10-15)13-7-5-8-13/h12-14H,5-11H2,1-4H3. The molecule has 0 radical (unpaired) electrons. The Kier molecular flexibility index (Phi) is 3.63. The van der Waals surface area contributed by atoms with Crippen molar-refractivity contribution in [3.8, 4) is 0 Å². The molecule has 0 aromatic carbocycles. The fourth-order valence-electron chi connectivity index (χ4n) is 3.99. The lowest BCUT2D eigenvalue weighted by atomic mass is 9.51. The first-order valence-electron chi connectivity index (χ1n) is 7.22. The molecule has 0 spiro atoms. The minimum atomic E-state index is 0.714. The van der Waals surface area contributed by atoms with Crippen LogP contribution in [0, 0.1) is 17.3 Å². The molecule has 0 saturated heterocycles. The maximum atomic E-state index is 2.53. The average Bonchev–Trinajstić information content (AvgIpc) is 2.03. The van der Waals surface area contributed by atoms with Crippen LogP contribution in [0.2, 0.25) is 0 Å². The number of hydrogen-bond donors (Lipinski definition) is 0. The van der Waals surface area contributed by atoms with Gasteiger partial charge in [0.25, 0.3) is 0 Å².